The Morgan fingerprint density at radius 3 is 2.74 bits per heavy atom. The van der Waals surface area contributed by atoms with Crippen LogP contribution in [0.15, 0.2) is 12.1 Å². The molecule has 0 aromatic carbocycles. The molecule has 4 heteroatoms. The van der Waals surface area contributed by atoms with Gasteiger partial charge >= 0.3 is 0 Å². The number of β-amino-alcohol motifs (C(OH)–C–C–N with tert-alkyl or cyclic N) is 1. The minimum absolute atomic E-state index is 0.258. The molecule has 2 N–H and O–H groups in total. The van der Waals surface area contributed by atoms with Crippen LogP contribution in [-0.4, -0.2) is 42.3 Å². The van der Waals surface area contributed by atoms with Crippen molar-refractivity contribution >= 4 is 11.3 Å². The van der Waals surface area contributed by atoms with Crippen LogP contribution >= 0.6 is 11.3 Å². The number of aryl methyl sites for hydroxylation is 1. The van der Waals surface area contributed by atoms with Crippen molar-refractivity contribution in [1.29, 1.82) is 0 Å². The van der Waals surface area contributed by atoms with Crippen molar-refractivity contribution in [2.75, 3.05) is 26.2 Å². The predicted molar refractivity (Wildman–Crippen MR) is 81.8 cm³/mol. The van der Waals surface area contributed by atoms with E-state index in [0.717, 1.165) is 26.1 Å². The van der Waals surface area contributed by atoms with Gasteiger partial charge in [-0.2, -0.15) is 0 Å². The molecule has 0 bridgehead atoms. The van der Waals surface area contributed by atoms with E-state index in [1.807, 2.05) is 11.3 Å². The first-order valence-electron chi connectivity index (χ1n) is 7.41. The second-order valence-electron chi connectivity index (χ2n) is 5.45. The fourth-order valence-corrected chi connectivity index (χ4v) is 3.54. The van der Waals surface area contributed by atoms with Crippen LogP contribution in [0.25, 0.3) is 0 Å². The Hall–Kier alpha value is -0.420. The number of aliphatic hydroxyl groups excluding tert-OH is 1. The Labute approximate surface area is 120 Å². The van der Waals surface area contributed by atoms with Crippen molar-refractivity contribution in [1.82, 2.24) is 10.2 Å². The van der Waals surface area contributed by atoms with Gasteiger partial charge in [-0.15, -0.1) is 11.3 Å². The summed E-state index contributed by atoms with van der Waals surface area (Å²) in [5.74, 6) is 0. The molecule has 1 fully saturated rings. The van der Waals surface area contributed by atoms with Crippen LogP contribution in [0.3, 0.4) is 0 Å². The molecule has 2 atom stereocenters. The summed E-state index contributed by atoms with van der Waals surface area (Å²) in [5.41, 5.74) is 0. The predicted octanol–water partition coefficient (Wildman–Crippen LogP) is 2.42. The Morgan fingerprint density at radius 1 is 1.37 bits per heavy atom. The maximum atomic E-state index is 10.1. The van der Waals surface area contributed by atoms with Crippen LogP contribution in [0.1, 0.15) is 42.5 Å². The summed E-state index contributed by atoms with van der Waals surface area (Å²) >= 11 is 1.87. The summed E-state index contributed by atoms with van der Waals surface area (Å²) < 4.78 is 0. The molecule has 0 amide bonds. The molecule has 0 radical (unpaired) electrons. The van der Waals surface area contributed by atoms with Gasteiger partial charge in [-0.3, -0.25) is 0 Å². The summed E-state index contributed by atoms with van der Waals surface area (Å²) in [5, 5.41) is 13.5. The summed E-state index contributed by atoms with van der Waals surface area (Å²) in [6.07, 6.45) is 3.41. The number of nitrogens with one attached hydrogen (secondary N) is 1. The van der Waals surface area contributed by atoms with E-state index in [-0.39, 0.29) is 6.10 Å². The first-order chi connectivity index (χ1) is 9.19. The molecule has 108 valence electrons. The van der Waals surface area contributed by atoms with E-state index in [1.54, 1.807) is 0 Å². The average Bonchev–Trinajstić information content (AvgIpc) is 3.06. The minimum atomic E-state index is -0.258. The van der Waals surface area contributed by atoms with Crippen molar-refractivity contribution < 1.29 is 5.11 Å². The van der Waals surface area contributed by atoms with Gasteiger partial charge in [0.2, 0.25) is 0 Å². The topological polar surface area (TPSA) is 35.5 Å². The number of aliphatic hydroxyl groups is 1. The Bertz CT molecular complexity index is 374. The maximum absolute atomic E-state index is 10.1. The lowest BCUT2D eigenvalue weighted by Crippen LogP contribution is -2.37. The normalized spacial score (nSPS) is 19.7. The Kier molecular flexibility index (Phi) is 5.82. The Morgan fingerprint density at radius 2 is 2.11 bits per heavy atom. The number of thiophene rings is 1. The molecule has 0 aliphatic carbocycles. The summed E-state index contributed by atoms with van der Waals surface area (Å²) in [6.45, 7) is 8.15. The number of rotatable bonds is 7. The van der Waals surface area contributed by atoms with Gasteiger partial charge in [-0.1, -0.05) is 6.92 Å². The van der Waals surface area contributed by atoms with Gasteiger partial charge < -0.3 is 15.3 Å². The first-order valence-corrected chi connectivity index (χ1v) is 8.23. The number of nitrogens with zero attached hydrogens (tertiary/aromatic N) is 1. The van der Waals surface area contributed by atoms with Gasteiger partial charge in [-0.05, 0) is 51.4 Å². The van der Waals surface area contributed by atoms with Crippen molar-refractivity contribution in [3.63, 3.8) is 0 Å². The summed E-state index contributed by atoms with van der Waals surface area (Å²) in [4.78, 5) is 5.16. The average molecular weight is 282 g/mol. The second kappa shape index (κ2) is 7.39. The van der Waals surface area contributed by atoms with Crippen LogP contribution in [0.5, 0.6) is 0 Å². The highest BCUT2D eigenvalue weighted by atomic mass is 32.1. The highest BCUT2D eigenvalue weighted by Gasteiger charge is 2.16. The first kappa shape index (κ1) is 15.0. The fraction of sp³-hybridized carbons (Fsp3) is 0.733. The van der Waals surface area contributed by atoms with Crippen LogP contribution in [0.4, 0.5) is 0 Å². The van der Waals surface area contributed by atoms with Crippen LogP contribution in [0.2, 0.25) is 0 Å². The summed E-state index contributed by atoms with van der Waals surface area (Å²) in [7, 11) is 0. The van der Waals surface area contributed by atoms with E-state index in [0.29, 0.717) is 12.6 Å². The van der Waals surface area contributed by atoms with Gasteiger partial charge in [-0.25, -0.2) is 0 Å². The van der Waals surface area contributed by atoms with Crippen LogP contribution < -0.4 is 5.32 Å². The van der Waals surface area contributed by atoms with Gasteiger partial charge in [0.1, 0.15) is 0 Å². The molecule has 2 rings (SSSR count). The van der Waals surface area contributed by atoms with Gasteiger partial charge in [0.05, 0.1) is 6.10 Å². The van der Waals surface area contributed by atoms with Crippen molar-refractivity contribution in [2.45, 2.75) is 45.3 Å². The molecule has 0 spiro atoms. The van der Waals surface area contributed by atoms with Gasteiger partial charge in [0.25, 0.3) is 0 Å². The Balaban J connectivity index is 1.71. The SMILES string of the molecule is CCc1ccc(C(C)NCC(O)CN2CCCC2)s1. The van der Waals surface area contributed by atoms with Crippen molar-refractivity contribution in [3.05, 3.63) is 21.9 Å². The molecule has 1 aliphatic heterocycles. The smallest absolute Gasteiger partial charge is 0.0791 e. The molecule has 2 unspecified atom stereocenters. The molecular formula is C15H26N2OS. The van der Waals surface area contributed by atoms with Crippen molar-refractivity contribution in [2.24, 2.45) is 0 Å². The van der Waals surface area contributed by atoms with E-state index < -0.39 is 0 Å². The zero-order chi connectivity index (χ0) is 13.7. The molecule has 2 heterocycles. The van der Waals surface area contributed by atoms with E-state index in [1.165, 1.54) is 22.6 Å². The molecule has 0 saturated carbocycles. The number of hydrogen-bond acceptors (Lipinski definition) is 4. The highest BCUT2D eigenvalue weighted by molar-refractivity contribution is 7.12. The van der Waals surface area contributed by atoms with E-state index >= 15 is 0 Å². The van der Waals surface area contributed by atoms with E-state index in [2.05, 4.69) is 36.2 Å². The zero-order valence-electron chi connectivity index (χ0n) is 12.1. The lowest BCUT2D eigenvalue weighted by Gasteiger charge is -2.21. The standard InChI is InChI=1S/C15H26N2OS/c1-3-14-6-7-15(19-14)12(2)16-10-13(18)11-17-8-4-5-9-17/h6-7,12-13,16,18H,3-5,8-11H2,1-2H3. The van der Waals surface area contributed by atoms with E-state index in [4.69, 9.17) is 0 Å². The number of likely N-dealkylation sites (tertiary alicyclic amines) is 1. The third-order valence-electron chi connectivity index (χ3n) is 3.78. The molecule has 1 aromatic heterocycles. The van der Waals surface area contributed by atoms with E-state index in [9.17, 15) is 5.11 Å². The van der Waals surface area contributed by atoms with Gasteiger partial charge in [0.15, 0.2) is 0 Å². The zero-order valence-corrected chi connectivity index (χ0v) is 12.9. The lowest BCUT2D eigenvalue weighted by molar-refractivity contribution is 0.121. The monoisotopic (exact) mass is 282 g/mol. The quantitative estimate of drug-likeness (QED) is 0.806. The second-order valence-corrected chi connectivity index (χ2v) is 6.65. The van der Waals surface area contributed by atoms with Gasteiger partial charge in [0, 0.05) is 28.9 Å². The van der Waals surface area contributed by atoms with Crippen LogP contribution in [0, 0.1) is 0 Å². The molecule has 3 nitrogen and oxygen atoms in total. The molecule has 1 saturated heterocycles. The number of hydrogen-bond donors (Lipinski definition) is 2. The minimum Gasteiger partial charge on any atom is -0.390 e. The molecule has 19 heavy (non-hydrogen) atoms. The third-order valence-corrected chi connectivity index (χ3v) is 5.20. The highest BCUT2D eigenvalue weighted by Crippen LogP contribution is 2.23. The molecule has 1 aromatic rings. The molecular weight excluding hydrogens is 256 g/mol. The summed E-state index contributed by atoms with van der Waals surface area (Å²) in [6, 6.07) is 4.74. The third kappa shape index (κ3) is 4.56. The lowest BCUT2D eigenvalue weighted by atomic mass is 10.2. The van der Waals surface area contributed by atoms with Crippen LogP contribution in [-0.2, 0) is 6.42 Å². The van der Waals surface area contributed by atoms with Crippen molar-refractivity contribution in [3.8, 4) is 0 Å². The molecule has 1 aliphatic rings. The maximum Gasteiger partial charge on any atom is 0.0791 e. The largest absolute Gasteiger partial charge is 0.390 e. The fourth-order valence-electron chi connectivity index (χ4n) is 2.56.